The van der Waals surface area contributed by atoms with Crippen molar-refractivity contribution in [1.29, 1.82) is 0 Å². The van der Waals surface area contributed by atoms with E-state index in [1.165, 1.54) is 12.0 Å². The van der Waals surface area contributed by atoms with Gasteiger partial charge in [0.1, 0.15) is 18.0 Å². The number of nitrogens with zero attached hydrogens (tertiary/aromatic N) is 5. The lowest BCUT2D eigenvalue weighted by Gasteiger charge is -2.25. The number of nitrogens with two attached hydrogens (primary N) is 1. The molecule has 4 heterocycles. The summed E-state index contributed by atoms with van der Waals surface area (Å²) in [6.07, 6.45) is 6.97. The number of hydrogen-bond acceptors (Lipinski definition) is 7. The molecule has 0 aliphatic carbocycles. The third kappa shape index (κ3) is 3.87. The van der Waals surface area contributed by atoms with Gasteiger partial charge in [0.15, 0.2) is 0 Å². The Morgan fingerprint density at radius 2 is 2.26 bits per heavy atom. The molecule has 9 nitrogen and oxygen atoms in total. The van der Waals surface area contributed by atoms with Crippen LogP contribution in [0.25, 0.3) is 0 Å². The minimum absolute atomic E-state index is 0.0279. The van der Waals surface area contributed by atoms with Crippen LogP contribution in [0.15, 0.2) is 18.6 Å². The zero-order valence-corrected chi connectivity index (χ0v) is 15.2. The summed E-state index contributed by atoms with van der Waals surface area (Å²) < 4.78 is 2.01. The molecular formula is C18H25N7O2. The normalized spacial score (nSPS) is 21.9. The SMILES string of the molecule is Nc1cc(N2C[C@H](O)C[C@@H]2CNC(=O)Cc2cnn3c2CCCC3)ncn1. The Morgan fingerprint density at radius 3 is 3.11 bits per heavy atom. The number of aryl methyl sites for hydroxylation is 1. The van der Waals surface area contributed by atoms with Crippen molar-refractivity contribution in [2.75, 3.05) is 23.7 Å². The molecule has 0 unspecified atom stereocenters. The second kappa shape index (κ2) is 7.51. The summed E-state index contributed by atoms with van der Waals surface area (Å²) in [5.41, 5.74) is 7.94. The van der Waals surface area contributed by atoms with Crippen molar-refractivity contribution >= 4 is 17.5 Å². The Bertz CT molecular complexity index is 822. The molecule has 4 rings (SSSR count). The molecule has 2 aromatic heterocycles. The maximum absolute atomic E-state index is 12.5. The van der Waals surface area contributed by atoms with Crippen molar-refractivity contribution in [2.24, 2.45) is 0 Å². The van der Waals surface area contributed by atoms with Gasteiger partial charge in [-0.15, -0.1) is 0 Å². The zero-order valence-electron chi connectivity index (χ0n) is 15.2. The van der Waals surface area contributed by atoms with Crippen molar-refractivity contribution in [2.45, 2.75) is 50.8 Å². The van der Waals surface area contributed by atoms with E-state index in [0.717, 1.165) is 31.4 Å². The van der Waals surface area contributed by atoms with E-state index in [0.29, 0.717) is 37.6 Å². The fraction of sp³-hybridized carbons (Fsp3) is 0.556. The average molecular weight is 371 g/mol. The van der Waals surface area contributed by atoms with Crippen LogP contribution >= 0.6 is 0 Å². The lowest BCUT2D eigenvalue weighted by molar-refractivity contribution is -0.120. The highest BCUT2D eigenvalue weighted by atomic mass is 16.3. The third-order valence-corrected chi connectivity index (χ3v) is 5.31. The van der Waals surface area contributed by atoms with E-state index in [-0.39, 0.29) is 11.9 Å². The monoisotopic (exact) mass is 371 g/mol. The van der Waals surface area contributed by atoms with Crippen LogP contribution in [-0.2, 0) is 24.2 Å². The van der Waals surface area contributed by atoms with Crippen LogP contribution in [0.4, 0.5) is 11.6 Å². The predicted molar refractivity (Wildman–Crippen MR) is 100 cm³/mol. The number of aromatic nitrogens is 4. The number of fused-ring (bicyclic) bond motifs is 1. The molecule has 1 saturated heterocycles. The van der Waals surface area contributed by atoms with Crippen molar-refractivity contribution in [1.82, 2.24) is 25.1 Å². The summed E-state index contributed by atoms with van der Waals surface area (Å²) in [4.78, 5) is 22.6. The summed E-state index contributed by atoms with van der Waals surface area (Å²) in [5.74, 6) is 1.03. The molecule has 0 bridgehead atoms. The Labute approximate surface area is 157 Å². The molecule has 1 amide bonds. The van der Waals surface area contributed by atoms with E-state index in [1.807, 2.05) is 15.8 Å². The largest absolute Gasteiger partial charge is 0.391 e. The lowest BCUT2D eigenvalue weighted by Crippen LogP contribution is -2.41. The van der Waals surface area contributed by atoms with Crippen LogP contribution in [0.1, 0.15) is 30.5 Å². The molecule has 2 atom stereocenters. The summed E-state index contributed by atoms with van der Waals surface area (Å²) in [6.45, 7) is 1.85. The van der Waals surface area contributed by atoms with Gasteiger partial charge in [-0.1, -0.05) is 0 Å². The molecule has 2 aliphatic heterocycles. The van der Waals surface area contributed by atoms with Gasteiger partial charge in [0.05, 0.1) is 24.8 Å². The molecule has 2 aliphatic rings. The summed E-state index contributed by atoms with van der Waals surface area (Å²) in [7, 11) is 0. The zero-order chi connectivity index (χ0) is 18.8. The molecule has 144 valence electrons. The van der Waals surface area contributed by atoms with E-state index in [9.17, 15) is 9.90 Å². The molecule has 27 heavy (non-hydrogen) atoms. The number of aliphatic hydroxyl groups excluding tert-OH is 1. The summed E-state index contributed by atoms with van der Waals surface area (Å²) in [5, 5.41) is 17.5. The molecule has 4 N–H and O–H groups in total. The first kappa shape index (κ1) is 17.7. The van der Waals surface area contributed by atoms with Gasteiger partial charge in [0.25, 0.3) is 0 Å². The molecule has 0 aromatic carbocycles. The molecule has 0 radical (unpaired) electrons. The van der Waals surface area contributed by atoms with Gasteiger partial charge >= 0.3 is 0 Å². The topological polar surface area (TPSA) is 122 Å². The Morgan fingerprint density at radius 1 is 1.37 bits per heavy atom. The highest BCUT2D eigenvalue weighted by molar-refractivity contribution is 5.78. The number of amides is 1. The maximum Gasteiger partial charge on any atom is 0.224 e. The smallest absolute Gasteiger partial charge is 0.224 e. The Balaban J connectivity index is 1.37. The number of anilines is 2. The van der Waals surface area contributed by atoms with Crippen molar-refractivity contribution < 1.29 is 9.90 Å². The van der Waals surface area contributed by atoms with Gasteiger partial charge in [-0.2, -0.15) is 5.10 Å². The third-order valence-electron chi connectivity index (χ3n) is 5.31. The Kier molecular flexibility index (Phi) is 4.93. The van der Waals surface area contributed by atoms with Crippen LogP contribution in [0.2, 0.25) is 0 Å². The molecule has 9 heteroatoms. The summed E-state index contributed by atoms with van der Waals surface area (Å²) >= 11 is 0. The van der Waals surface area contributed by atoms with E-state index in [4.69, 9.17) is 5.73 Å². The van der Waals surface area contributed by atoms with Crippen LogP contribution in [0, 0.1) is 0 Å². The maximum atomic E-state index is 12.5. The van der Waals surface area contributed by atoms with Crippen LogP contribution in [0.3, 0.4) is 0 Å². The van der Waals surface area contributed by atoms with Gasteiger partial charge in [-0.05, 0) is 25.7 Å². The van der Waals surface area contributed by atoms with Crippen molar-refractivity contribution in [3.63, 3.8) is 0 Å². The fourth-order valence-corrected chi connectivity index (χ4v) is 3.99. The lowest BCUT2D eigenvalue weighted by atomic mass is 10.0. The van der Waals surface area contributed by atoms with Crippen molar-refractivity contribution in [3.05, 3.63) is 29.8 Å². The van der Waals surface area contributed by atoms with Gasteiger partial charge in [0, 0.05) is 37.0 Å². The number of carbonyl (C=O) groups excluding carboxylic acids is 1. The minimum atomic E-state index is -0.453. The van der Waals surface area contributed by atoms with E-state index in [1.54, 1.807) is 6.07 Å². The van der Waals surface area contributed by atoms with E-state index >= 15 is 0 Å². The molecule has 0 saturated carbocycles. The first-order valence-electron chi connectivity index (χ1n) is 9.42. The van der Waals surface area contributed by atoms with Gasteiger partial charge in [-0.3, -0.25) is 9.48 Å². The minimum Gasteiger partial charge on any atom is -0.391 e. The molecule has 2 aromatic rings. The number of aliphatic hydroxyl groups is 1. The number of nitrogens with one attached hydrogen (secondary N) is 1. The predicted octanol–water partition coefficient (Wildman–Crippen LogP) is -0.110. The number of carbonyl (C=O) groups is 1. The highest BCUT2D eigenvalue weighted by Gasteiger charge is 2.32. The van der Waals surface area contributed by atoms with Gasteiger partial charge in [0.2, 0.25) is 5.91 Å². The van der Waals surface area contributed by atoms with Crippen LogP contribution < -0.4 is 16.0 Å². The second-order valence-corrected chi connectivity index (χ2v) is 7.27. The molecular weight excluding hydrogens is 346 g/mol. The number of rotatable bonds is 5. The Hall–Kier alpha value is -2.68. The first-order chi connectivity index (χ1) is 13.1. The van der Waals surface area contributed by atoms with Crippen molar-refractivity contribution in [3.8, 4) is 0 Å². The van der Waals surface area contributed by atoms with Crippen LogP contribution in [0.5, 0.6) is 0 Å². The van der Waals surface area contributed by atoms with Gasteiger partial charge < -0.3 is 21.1 Å². The van der Waals surface area contributed by atoms with Crippen LogP contribution in [-0.4, -0.2) is 56.0 Å². The number of hydrogen-bond donors (Lipinski definition) is 3. The second-order valence-electron chi connectivity index (χ2n) is 7.27. The molecule has 0 spiro atoms. The summed E-state index contributed by atoms with van der Waals surface area (Å²) in [6, 6.07) is 1.66. The standard InChI is InChI=1S/C18H25N7O2/c19-16-7-17(22-11-21-16)24-10-14(26)6-13(24)9-20-18(27)5-12-8-23-25-4-2-1-3-15(12)25/h7-8,11,13-14,26H,1-6,9-10H2,(H,20,27)(H2,19,21,22)/t13-,14-/m1/s1. The molecule has 1 fully saturated rings. The number of β-amino-alcohol motifs (C(OH)–C–C–N with tert-alkyl or cyclic N) is 1. The van der Waals surface area contributed by atoms with E-state index in [2.05, 4.69) is 20.4 Å². The number of nitrogen functional groups attached to an aromatic ring is 1. The first-order valence-corrected chi connectivity index (χ1v) is 9.42. The average Bonchev–Trinajstić information content (AvgIpc) is 3.24. The quantitative estimate of drug-likeness (QED) is 0.670. The highest BCUT2D eigenvalue weighted by Crippen LogP contribution is 2.24. The van der Waals surface area contributed by atoms with E-state index < -0.39 is 6.10 Å². The fourth-order valence-electron chi connectivity index (χ4n) is 3.99. The van der Waals surface area contributed by atoms with Gasteiger partial charge in [-0.25, -0.2) is 9.97 Å².